The van der Waals surface area contributed by atoms with Crippen molar-refractivity contribution in [2.75, 3.05) is 19.8 Å². The molecule has 0 saturated carbocycles. The Hall–Kier alpha value is -0.980. The fourth-order valence-electron chi connectivity index (χ4n) is 1.66. The monoisotopic (exact) mass is 241 g/mol. The summed E-state index contributed by atoms with van der Waals surface area (Å²) in [7, 11) is 0. The van der Waals surface area contributed by atoms with Gasteiger partial charge in [0.2, 0.25) is 5.89 Å². The molecule has 0 bridgehead atoms. The maximum Gasteiger partial charge on any atom is 0.232 e. The first-order valence-electron chi connectivity index (χ1n) is 5.95. The van der Waals surface area contributed by atoms with Crippen molar-refractivity contribution < 1.29 is 14.0 Å². The minimum Gasteiger partial charge on any atom is -0.381 e. The number of hydrogen-bond donors (Lipinski definition) is 1. The van der Waals surface area contributed by atoms with Gasteiger partial charge >= 0.3 is 0 Å². The van der Waals surface area contributed by atoms with Crippen molar-refractivity contribution in [2.45, 2.75) is 38.3 Å². The van der Waals surface area contributed by atoms with Crippen LogP contribution in [0.1, 0.15) is 43.9 Å². The number of aromatic nitrogens is 2. The molecule has 2 unspecified atom stereocenters. The molecule has 6 heteroatoms. The van der Waals surface area contributed by atoms with Crippen molar-refractivity contribution >= 4 is 0 Å². The lowest BCUT2D eigenvalue weighted by atomic mass is 10.1. The van der Waals surface area contributed by atoms with Gasteiger partial charge in [-0.15, -0.1) is 0 Å². The van der Waals surface area contributed by atoms with Crippen LogP contribution in [0.3, 0.4) is 0 Å². The molecule has 2 heterocycles. The zero-order chi connectivity index (χ0) is 12.3. The van der Waals surface area contributed by atoms with Crippen molar-refractivity contribution in [3.05, 3.63) is 11.7 Å². The largest absolute Gasteiger partial charge is 0.381 e. The third-order valence-corrected chi connectivity index (χ3v) is 2.68. The Labute approximate surface area is 100 Å². The fourth-order valence-corrected chi connectivity index (χ4v) is 1.66. The Bertz CT molecular complexity index is 347. The summed E-state index contributed by atoms with van der Waals surface area (Å²) >= 11 is 0. The Kier molecular flexibility index (Phi) is 4.09. The van der Waals surface area contributed by atoms with E-state index in [0.29, 0.717) is 24.9 Å². The van der Waals surface area contributed by atoms with E-state index in [9.17, 15) is 0 Å². The zero-order valence-corrected chi connectivity index (χ0v) is 10.3. The molecule has 1 saturated heterocycles. The van der Waals surface area contributed by atoms with E-state index >= 15 is 0 Å². The highest BCUT2D eigenvalue weighted by Crippen LogP contribution is 2.24. The molecule has 6 nitrogen and oxygen atoms in total. The maximum atomic E-state index is 5.91. The van der Waals surface area contributed by atoms with Gasteiger partial charge in [-0.25, -0.2) is 0 Å². The first-order chi connectivity index (χ1) is 8.16. The molecule has 17 heavy (non-hydrogen) atoms. The average molecular weight is 241 g/mol. The normalized spacial score (nSPS) is 22.2. The van der Waals surface area contributed by atoms with Gasteiger partial charge in [0.05, 0.1) is 31.3 Å². The molecule has 0 radical (unpaired) electrons. The van der Waals surface area contributed by atoms with Gasteiger partial charge in [0.1, 0.15) is 0 Å². The molecule has 1 fully saturated rings. The van der Waals surface area contributed by atoms with Crippen LogP contribution in [0.2, 0.25) is 0 Å². The second kappa shape index (κ2) is 5.57. The van der Waals surface area contributed by atoms with E-state index < -0.39 is 0 Å². The lowest BCUT2D eigenvalue weighted by Crippen LogP contribution is -2.20. The Balaban J connectivity index is 1.92. The standard InChI is InChI=1S/C11H19N3O3/c1-7(2)16-6-9(12)10-13-11(17-14-10)8-3-4-15-5-8/h7-9H,3-6,12H2,1-2H3. The van der Waals surface area contributed by atoms with Crippen molar-refractivity contribution in [1.29, 1.82) is 0 Å². The summed E-state index contributed by atoms with van der Waals surface area (Å²) in [6, 6.07) is -0.336. The third-order valence-electron chi connectivity index (χ3n) is 2.68. The first kappa shape index (κ1) is 12.5. The molecule has 1 aliphatic rings. The van der Waals surface area contributed by atoms with Gasteiger partial charge in [-0.2, -0.15) is 4.98 Å². The zero-order valence-electron chi connectivity index (χ0n) is 10.3. The van der Waals surface area contributed by atoms with Crippen LogP contribution in [0.5, 0.6) is 0 Å². The third kappa shape index (κ3) is 3.24. The van der Waals surface area contributed by atoms with Gasteiger partial charge in [0, 0.05) is 6.61 Å². The Morgan fingerprint density at radius 1 is 1.53 bits per heavy atom. The van der Waals surface area contributed by atoms with Gasteiger partial charge < -0.3 is 19.7 Å². The second-order valence-electron chi connectivity index (χ2n) is 4.54. The van der Waals surface area contributed by atoms with Crippen LogP contribution in [0.4, 0.5) is 0 Å². The maximum absolute atomic E-state index is 5.91. The van der Waals surface area contributed by atoms with Crippen LogP contribution >= 0.6 is 0 Å². The van der Waals surface area contributed by atoms with Crippen molar-refractivity contribution in [1.82, 2.24) is 10.1 Å². The lowest BCUT2D eigenvalue weighted by molar-refractivity contribution is 0.0665. The van der Waals surface area contributed by atoms with Crippen LogP contribution in [0, 0.1) is 0 Å². The molecule has 0 aliphatic carbocycles. The summed E-state index contributed by atoms with van der Waals surface area (Å²) < 4.78 is 15.9. The predicted molar refractivity (Wildman–Crippen MR) is 60.5 cm³/mol. The van der Waals surface area contributed by atoms with Crippen LogP contribution < -0.4 is 5.73 Å². The minimum absolute atomic E-state index is 0.149. The summed E-state index contributed by atoms with van der Waals surface area (Å²) in [4.78, 5) is 4.31. The summed E-state index contributed by atoms with van der Waals surface area (Å²) in [5.74, 6) is 1.35. The fraction of sp³-hybridized carbons (Fsp3) is 0.818. The van der Waals surface area contributed by atoms with E-state index in [1.165, 1.54) is 0 Å². The van der Waals surface area contributed by atoms with Crippen LogP contribution in [-0.4, -0.2) is 36.1 Å². The second-order valence-corrected chi connectivity index (χ2v) is 4.54. The Morgan fingerprint density at radius 2 is 2.35 bits per heavy atom. The smallest absolute Gasteiger partial charge is 0.232 e. The molecule has 2 N–H and O–H groups in total. The molecule has 1 aromatic heterocycles. The molecule has 2 rings (SSSR count). The molecular weight excluding hydrogens is 222 g/mol. The van der Waals surface area contributed by atoms with Gasteiger partial charge in [-0.1, -0.05) is 5.16 Å². The molecule has 0 spiro atoms. The summed E-state index contributed by atoms with van der Waals surface area (Å²) in [6.45, 7) is 5.73. The molecule has 0 aromatic carbocycles. The SMILES string of the molecule is CC(C)OCC(N)c1noc(C2CCOC2)n1. The van der Waals surface area contributed by atoms with Gasteiger partial charge in [0.15, 0.2) is 5.82 Å². The minimum atomic E-state index is -0.336. The van der Waals surface area contributed by atoms with E-state index in [1.807, 2.05) is 13.8 Å². The quantitative estimate of drug-likeness (QED) is 0.828. The highest BCUT2D eigenvalue weighted by Gasteiger charge is 2.25. The van der Waals surface area contributed by atoms with Crippen molar-refractivity contribution in [3.63, 3.8) is 0 Å². The highest BCUT2D eigenvalue weighted by molar-refractivity contribution is 4.99. The molecule has 96 valence electrons. The molecule has 2 atom stereocenters. The number of nitrogens with zero attached hydrogens (tertiary/aromatic N) is 2. The molecular formula is C11H19N3O3. The van der Waals surface area contributed by atoms with Gasteiger partial charge in [0.25, 0.3) is 0 Å². The first-order valence-corrected chi connectivity index (χ1v) is 5.95. The molecule has 1 aliphatic heterocycles. The van der Waals surface area contributed by atoms with E-state index in [4.69, 9.17) is 19.7 Å². The Morgan fingerprint density at radius 3 is 3.00 bits per heavy atom. The van der Waals surface area contributed by atoms with E-state index in [1.54, 1.807) is 0 Å². The van der Waals surface area contributed by atoms with E-state index in [2.05, 4.69) is 10.1 Å². The van der Waals surface area contributed by atoms with Crippen LogP contribution in [0.15, 0.2) is 4.52 Å². The number of nitrogens with two attached hydrogens (primary N) is 1. The van der Waals surface area contributed by atoms with Gasteiger partial charge in [-0.05, 0) is 20.3 Å². The number of rotatable bonds is 5. The number of ether oxygens (including phenoxy) is 2. The van der Waals surface area contributed by atoms with Gasteiger partial charge in [-0.3, -0.25) is 0 Å². The molecule has 0 amide bonds. The van der Waals surface area contributed by atoms with Crippen LogP contribution in [0.25, 0.3) is 0 Å². The van der Waals surface area contributed by atoms with Crippen molar-refractivity contribution in [3.8, 4) is 0 Å². The summed E-state index contributed by atoms with van der Waals surface area (Å²) in [5.41, 5.74) is 5.91. The van der Waals surface area contributed by atoms with E-state index in [0.717, 1.165) is 13.0 Å². The van der Waals surface area contributed by atoms with Crippen LogP contribution in [-0.2, 0) is 9.47 Å². The highest BCUT2D eigenvalue weighted by atomic mass is 16.5. The van der Waals surface area contributed by atoms with E-state index in [-0.39, 0.29) is 18.1 Å². The number of hydrogen-bond acceptors (Lipinski definition) is 6. The lowest BCUT2D eigenvalue weighted by Gasteiger charge is -2.10. The topological polar surface area (TPSA) is 83.4 Å². The average Bonchev–Trinajstić information content (AvgIpc) is 2.94. The summed E-state index contributed by atoms with van der Waals surface area (Å²) in [5, 5.41) is 3.89. The molecule has 1 aromatic rings. The van der Waals surface area contributed by atoms with Crippen molar-refractivity contribution in [2.24, 2.45) is 5.73 Å². The summed E-state index contributed by atoms with van der Waals surface area (Å²) in [6.07, 6.45) is 1.08. The predicted octanol–water partition coefficient (Wildman–Crippen LogP) is 0.998.